The molecule has 0 radical (unpaired) electrons. The highest BCUT2D eigenvalue weighted by atomic mass is 32.1. The van der Waals surface area contributed by atoms with Crippen molar-refractivity contribution in [2.24, 2.45) is 0 Å². The quantitative estimate of drug-likeness (QED) is 0.856. The second-order valence-electron chi connectivity index (χ2n) is 3.67. The zero-order valence-electron chi connectivity index (χ0n) is 9.14. The first-order valence-corrected chi connectivity index (χ1v) is 6.15. The number of nitrogens with zero attached hydrogens (tertiary/aromatic N) is 1. The number of hydrogen-bond donors (Lipinski definition) is 2. The van der Waals surface area contributed by atoms with Gasteiger partial charge in [-0.05, 0) is 17.7 Å². The minimum absolute atomic E-state index is 0.330. The maximum absolute atomic E-state index is 12.9. The molecule has 5 heteroatoms. The van der Waals surface area contributed by atoms with Crippen molar-refractivity contribution < 1.29 is 9.50 Å². The van der Waals surface area contributed by atoms with E-state index in [1.165, 1.54) is 12.1 Å². The Morgan fingerprint density at radius 2 is 2.35 bits per heavy atom. The van der Waals surface area contributed by atoms with Crippen LogP contribution in [-0.4, -0.2) is 16.6 Å². The Balaban J connectivity index is 1.83. The summed E-state index contributed by atoms with van der Waals surface area (Å²) in [4.78, 5) is 5.06. The van der Waals surface area contributed by atoms with E-state index in [-0.39, 0.29) is 5.82 Å². The number of aliphatic hydroxyl groups is 1. The van der Waals surface area contributed by atoms with Crippen LogP contribution in [0.2, 0.25) is 0 Å². The van der Waals surface area contributed by atoms with Crippen molar-refractivity contribution in [1.29, 1.82) is 0 Å². The summed E-state index contributed by atoms with van der Waals surface area (Å²) in [5.74, 6) is -0.330. The van der Waals surface area contributed by atoms with E-state index < -0.39 is 6.10 Å². The SMILES string of the molecule is OC(CNCc1cncs1)c1cccc(F)c1. The van der Waals surface area contributed by atoms with Gasteiger partial charge in [0.05, 0.1) is 11.6 Å². The Morgan fingerprint density at radius 1 is 1.47 bits per heavy atom. The Morgan fingerprint density at radius 3 is 3.06 bits per heavy atom. The zero-order chi connectivity index (χ0) is 12.1. The first-order valence-electron chi connectivity index (χ1n) is 5.27. The number of nitrogens with one attached hydrogen (secondary N) is 1. The molecule has 1 atom stereocenters. The predicted molar refractivity (Wildman–Crippen MR) is 65.2 cm³/mol. The molecule has 2 aromatic rings. The van der Waals surface area contributed by atoms with E-state index in [4.69, 9.17) is 0 Å². The van der Waals surface area contributed by atoms with Crippen molar-refractivity contribution in [3.63, 3.8) is 0 Å². The van der Waals surface area contributed by atoms with Crippen LogP contribution in [0.25, 0.3) is 0 Å². The minimum atomic E-state index is -0.696. The van der Waals surface area contributed by atoms with E-state index in [1.54, 1.807) is 35.2 Å². The summed E-state index contributed by atoms with van der Waals surface area (Å²) in [7, 11) is 0. The summed E-state index contributed by atoms with van der Waals surface area (Å²) in [6, 6.07) is 6.01. The van der Waals surface area contributed by atoms with Gasteiger partial charge in [-0.25, -0.2) is 4.39 Å². The van der Waals surface area contributed by atoms with E-state index in [2.05, 4.69) is 10.3 Å². The molecule has 0 fully saturated rings. The molecule has 2 rings (SSSR count). The minimum Gasteiger partial charge on any atom is -0.387 e. The van der Waals surface area contributed by atoms with Gasteiger partial charge >= 0.3 is 0 Å². The third kappa shape index (κ3) is 3.59. The Kier molecular flexibility index (Phi) is 4.19. The molecule has 0 saturated carbocycles. The standard InChI is InChI=1S/C12H13FN2OS/c13-10-3-1-2-9(4-10)12(16)7-14-5-11-6-15-8-17-11/h1-4,6,8,12,14,16H,5,7H2. The molecule has 1 aromatic carbocycles. The number of aliphatic hydroxyl groups excluding tert-OH is 1. The lowest BCUT2D eigenvalue weighted by Gasteiger charge is -2.11. The average molecular weight is 252 g/mol. The molecule has 3 nitrogen and oxygen atoms in total. The highest BCUT2D eigenvalue weighted by Gasteiger charge is 2.07. The number of halogens is 1. The van der Waals surface area contributed by atoms with Crippen LogP contribution >= 0.6 is 11.3 Å². The van der Waals surface area contributed by atoms with Gasteiger partial charge < -0.3 is 10.4 Å². The summed E-state index contributed by atoms with van der Waals surface area (Å²) in [6.45, 7) is 1.05. The van der Waals surface area contributed by atoms with Crippen LogP contribution in [0.3, 0.4) is 0 Å². The monoisotopic (exact) mass is 252 g/mol. The molecule has 0 saturated heterocycles. The fourth-order valence-corrected chi connectivity index (χ4v) is 2.06. The molecule has 0 amide bonds. The van der Waals surface area contributed by atoms with Gasteiger partial charge in [-0.15, -0.1) is 11.3 Å². The molecule has 0 bridgehead atoms. The topological polar surface area (TPSA) is 45.1 Å². The summed E-state index contributed by atoms with van der Waals surface area (Å²) in [5, 5.41) is 12.9. The molecule has 90 valence electrons. The van der Waals surface area contributed by atoms with E-state index in [0.717, 1.165) is 4.88 Å². The number of rotatable bonds is 5. The summed E-state index contributed by atoms with van der Waals surface area (Å²) < 4.78 is 12.9. The maximum atomic E-state index is 12.9. The summed E-state index contributed by atoms with van der Waals surface area (Å²) in [5.41, 5.74) is 2.35. The molecule has 1 aromatic heterocycles. The number of thiazole rings is 1. The van der Waals surface area contributed by atoms with Crippen LogP contribution in [0.1, 0.15) is 16.5 Å². The molecule has 2 N–H and O–H groups in total. The molecule has 0 aliphatic carbocycles. The van der Waals surface area contributed by atoms with Gasteiger partial charge in [-0.3, -0.25) is 4.98 Å². The van der Waals surface area contributed by atoms with E-state index >= 15 is 0 Å². The van der Waals surface area contributed by atoms with Crippen molar-refractivity contribution >= 4 is 11.3 Å². The van der Waals surface area contributed by atoms with Gasteiger partial charge in [-0.2, -0.15) is 0 Å². The van der Waals surface area contributed by atoms with Gasteiger partial charge in [0.1, 0.15) is 5.82 Å². The van der Waals surface area contributed by atoms with Gasteiger partial charge in [0.25, 0.3) is 0 Å². The first-order chi connectivity index (χ1) is 8.25. The van der Waals surface area contributed by atoms with Gasteiger partial charge in [0, 0.05) is 24.2 Å². The van der Waals surface area contributed by atoms with Crippen LogP contribution in [0.5, 0.6) is 0 Å². The van der Waals surface area contributed by atoms with Crippen LogP contribution in [0.4, 0.5) is 4.39 Å². The molecule has 17 heavy (non-hydrogen) atoms. The summed E-state index contributed by atoms with van der Waals surface area (Å²) >= 11 is 1.56. The smallest absolute Gasteiger partial charge is 0.123 e. The van der Waals surface area contributed by atoms with Crippen molar-refractivity contribution in [3.8, 4) is 0 Å². The second-order valence-corrected chi connectivity index (χ2v) is 4.64. The fourth-order valence-electron chi connectivity index (χ4n) is 1.49. The van der Waals surface area contributed by atoms with Crippen LogP contribution in [0.15, 0.2) is 36.0 Å². The third-order valence-corrected chi connectivity index (χ3v) is 3.13. The lowest BCUT2D eigenvalue weighted by Crippen LogP contribution is -2.20. The van der Waals surface area contributed by atoms with Crippen molar-refractivity contribution in [3.05, 3.63) is 52.2 Å². The highest BCUT2D eigenvalue weighted by Crippen LogP contribution is 2.13. The van der Waals surface area contributed by atoms with Gasteiger partial charge in [0.2, 0.25) is 0 Å². The number of aromatic nitrogens is 1. The van der Waals surface area contributed by atoms with Crippen molar-refractivity contribution in [2.75, 3.05) is 6.54 Å². The van der Waals surface area contributed by atoms with Gasteiger partial charge in [-0.1, -0.05) is 12.1 Å². The van der Waals surface area contributed by atoms with Crippen LogP contribution < -0.4 is 5.32 Å². The Bertz CT molecular complexity index is 461. The van der Waals surface area contributed by atoms with Crippen LogP contribution in [0, 0.1) is 5.82 Å². The molecule has 0 spiro atoms. The predicted octanol–water partition coefficient (Wildman–Crippen LogP) is 2.11. The average Bonchev–Trinajstić information content (AvgIpc) is 2.82. The molecule has 0 aliphatic heterocycles. The normalized spacial score (nSPS) is 12.6. The maximum Gasteiger partial charge on any atom is 0.123 e. The molecule has 0 aliphatic rings. The van der Waals surface area contributed by atoms with Crippen molar-refractivity contribution in [1.82, 2.24) is 10.3 Å². The van der Waals surface area contributed by atoms with E-state index in [1.807, 2.05) is 0 Å². The largest absolute Gasteiger partial charge is 0.387 e. The molecular weight excluding hydrogens is 239 g/mol. The Labute approximate surface area is 103 Å². The third-order valence-electron chi connectivity index (χ3n) is 2.35. The lowest BCUT2D eigenvalue weighted by molar-refractivity contribution is 0.174. The zero-order valence-corrected chi connectivity index (χ0v) is 9.95. The van der Waals surface area contributed by atoms with Crippen molar-refractivity contribution in [2.45, 2.75) is 12.6 Å². The summed E-state index contributed by atoms with van der Waals surface area (Å²) in [6.07, 6.45) is 1.09. The molecule has 1 heterocycles. The lowest BCUT2D eigenvalue weighted by atomic mass is 10.1. The Hall–Kier alpha value is -1.30. The number of hydrogen-bond acceptors (Lipinski definition) is 4. The first kappa shape index (κ1) is 12.2. The molecule has 1 unspecified atom stereocenters. The van der Waals surface area contributed by atoms with Gasteiger partial charge in [0.15, 0.2) is 0 Å². The number of benzene rings is 1. The molecular formula is C12H13FN2OS. The van der Waals surface area contributed by atoms with E-state index in [0.29, 0.717) is 18.7 Å². The highest BCUT2D eigenvalue weighted by molar-refractivity contribution is 7.09. The second kappa shape index (κ2) is 5.86. The van der Waals surface area contributed by atoms with Crippen LogP contribution in [-0.2, 0) is 6.54 Å². The fraction of sp³-hybridized carbons (Fsp3) is 0.250. The van der Waals surface area contributed by atoms with E-state index in [9.17, 15) is 9.50 Å².